The Labute approximate surface area is 106 Å². The molecule has 0 aliphatic carbocycles. The quantitative estimate of drug-likeness (QED) is 0.856. The van der Waals surface area contributed by atoms with Crippen molar-refractivity contribution in [3.63, 3.8) is 0 Å². The summed E-state index contributed by atoms with van der Waals surface area (Å²) in [4.78, 5) is 10.8. The minimum absolute atomic E-state index is 0.428. The molecule has 0 spiro atoms. The molecular formula is C12H18N6. The molecule has 2 heterocycles. The second-order valence-corrected chi connectivity index (χ2v) is 4.38. The maximum atomic E-state index is 5.62. The van der Waals surface area contributed by atoms with Gasteiger partial charge in [-0.15, -0.1) is 0 Å². The van der Waals surface area contributed by atoms with Crippen molar-refractivity contribution in [3.8, 4) is 0 Å². The minimum Gasteiger partial charge on any atom is -0.339 e. The summed E-state index contributed by atoms with van der Waals surface area (Å²) in [5, 5.41) is 4.14. The number of anilines is 1. The van der Waals surface area contributed by atoms with Gasteiger partial charge in [0.1, 0.15) is 0 Å². The van der Waals surface area contributed by atoms with Crippen molar-refractivity contribution >= 4 is 5.95 Å². The molecule has 0 unspecified atom stereocenters. The number of hydrogen-bond acceptors (Lipinski definition) is 5. The first-order chi connectivity index (χ1) is 8.58. The fourth-order valence-corrected chi connectivity index (χ4v) is 1.79. The van der Waals surface area contributed by atoms with Crippen LogP contribution in [0.15, 0.2) is 18.5 Å². The van der Waals surface area contributed by atoms with E-state index in [1.807, 2.05) is 44.4 Å². The fraction of sp³-hybridized carbons (Fsp3) is 0.417. The number of aryl methyl sites for hydroxylation is 2. The zero-order valence-corrected chi connectivity index (χ0v) is 11.0. The highest BCUT2D eigenvalue weighted by Crippen LogP contribution is 2.11. The average Bonchev–Trinajstić information content (AvgIpc) is 2.73. The van der Waals surface area contributed by atoms with E-state index in [0.717, 1.165) is 23.5 Å². The molecule has 0 atom stereocenters. The molecule has 2 rings (SSSR count). The molecule has 0 aliphatic heterocycles. The Morgan fingerprint density at radius 3 is 2.78 bits per heavy atom. The normalized spacial score (nSPS) is 10.7. The molecule has 2 aromatic heterocycles. The van der Waals surface area contributed by atoms with Gasteiger partial charge in [0.2, 0.25) is 5.95 Å². The van der Waals surface area contributed by atoms with Gasteiger partial charge < -0.3 is 10.6 Å². The Balaban J connectivity index is 2.17. The second kappa shape index (κ2) is 5.14. The topological polar surface area (TPSA) is 72.9 Å². The Morgan fingerprint density at radius 1 is 1.39 bits per heavy atom. The molecule has 96 valence electrons. The Bertz CT molecular complexity index is 533. The summed E-state index contributed by atoms with van der Waals surface area (Å²) in [6.07, 6.45) is 3.83. The van der Waals surface area contributed by atoms with Crippen LogP contribution in [0.5, 0.6) is 0 Å². The third-order valence-corrected chi connectivity index (χ3v) is 2.62. The molecule has 6 nitrogen and oxygen atoms in total. The molecule has 6 heteroatoms. The fourth-order valence-electron chi connectivity index (χ4n) is 1.79. The van der Waals surface area contributed by atoms with Crippen LogP contribution < -0.4 is 10.6 Å². The zero-order valence-electron chi connectivity index (χ0n) is 11.0. The molecule has 0 fully saturated rings. The molecule has 18 heavy (non-hydrogen) atoms. The second-order valence-electron chi connectivity index (χ2n) is 4.38. The number of rotatable bonds is 4. The predicted molar refractivity (Wildman–Crippen MR) is 70.0 cm³/mol. The van der Waals surface area contributed by atoms with E-state index >= 15 is 0 Å². The van der Waals surface area contributed by atoms with Crippen LogP contribution in [-0.2, 0) is 20.1 Å². The van der Waals surface area contributed by atoms with Gasteiger partial charge in [-0.3, -0.25) is 4.68 Å². The van der Waals surface area contributed by atoms with Crippen molar-refractivity contribution in [3.05, 3.63) is 35.4 Å². The van der Waals surface area contributed by atoms with E-state index in [9.17, 15) is 0 Å². The smallest absolute Gasteiger partial charge is 0.225 e. The summed E-state index contributed by atoms with van der Waals surface area (Å²) >= 11 is 0. The molecule has 0 radical (unpaired) electrons. The predicted octanol–water partition coefficient (Wildman–Crippen LogP) is 0.614. The van der Waals surface area contributed by atoms with Crippen molar-refractivity contribution in [2.24, 2.45) is 12.8 Å². The molecular weight excluding hydrogens is 228 g/mol. The Kier molecular flexibility index (Phi) is 3.57. The highest BCUT2D eigenvalue weighted by Gasteiger charge is 2.08. The van der Waals surface area contributed by atoms with E-state index in [4.69, 9.17) is 5.73 Å². The van der Waals surface area contributed by atoms with Crippen molar-refractivity contribution < 1.29 is 0 Å². The number of hydrogen-bond donors (Lipinski definition) is 1. The van der Waals surface area contributed by atoms with Gasteiger partial charge >= 0.3 is 0 Å². The van der Waals surface area contributed by atoms with Crippen LogP contribution >= 0.6 is 0 Å². The van der Waals surface area contributed by atoms with Gasteiger partial charge in [0, 0.05) is 44.6 Å². The average molecular weight is 246 g/mol. The van der Waals surface area contributed by atoms with Gasteiger partial charge in [-0.2, -0.15) is 5.10 Å². The van der Waals surface area contributed by atoms with E-state index in [2.05, 4.69) is 15.1 Å². The molecule has 2 N–H and O–H groups in total. The molecule has 0 saturated heterocycles. The molecule has 0 amide bonds. The van der Waals surface area contributed by atoms with Crippen LogP contribution in [0, 0.1) is 6.92 Å². The lowest BCUT2D eigenvalue weighted by atomic mass is 10.3. The van der Waals surface area contributed by atoms with Crippen LogP contribution in [0.4, 0.5) is 5.95 Å². The van der Waals surface area contributed by atoms with Crippen LogP contribution in [0.25, 0.3) is 0 Å². The van der Waals surface area contributed by atoms with Gasteiger partial charge in [-0.1, -0.05) is 0 Å². The summed E-state index contributed by atoms with van der Waals surface area (Å²) in [5.74, 6) is 0.694. The Morgan fingerprint density at radius 2 is 2.17 bits per heavy atom. The highest BCUT2D eigenvalue weighted by molar-refractivity contribution is 5.32. The van der Waals surface area contributed by atoms with Crippen molar-refractivity contribution in [1.82, 2.24) is 19.7 Å². The van der Waals surface area contributed by atoms with Crippen LogP contribution in [0.2, 0.25) is 0 Å². The van der Waals surface area contributed by atoms with Gasteiger partial charge in [0.05, 0.1) is 11.9 Å². The van der Waals surface area contributed by atoms with E-state index in [1.165, 1.54) is 0 Å². The largest absolute Gasteiger partial charge is 0.339 e. The molecule has 0 aromatic carbocycles. The number of nitrogens with zero attached hydrogens (tertiary/aromatic N) is 5. The Hall–Kier alpha value is -1.95. The third kappa shape index (κ3) is 2.84. The van der Waals surface area contributed by atoms with Crippen molar-refractivity contribution in [2.45, 2.75) is 20.0 Å². The van der Waals surface area contributed by atoms with Gasteiger partial charge in [0.25, 0.3) is 0 Å². The van der Waals surface area contributed by atoms with Crippen molar-refractivity contribution in [1.29, 1.82) is 0 Å². The minimum atomic E-state index is 0.428. The zero-order chi connectivity index (χ0) is 13.1. The summed E-state index contributed by atoms with van der Waals surface area (Å²) in [5.41, 5.74) is 8.53. The van der Waals surface area contributed by atoms with E-state index in [-0.39, 0.29) is 0 Å². The summed E-state index contributed by atoms with van der Waals surface area (Å²) in [6.45, 7) is 3.10. The van der Waals surface area contributed by atoms with Crippen molar-refractivity contribution in [2.75, 3.05) is 11.9 Å². The van der Waals surface area contributed by atoms with Crippen LogP contribution in [0.3, 0.4) is 0 Å². The molecule has 0 bridgehead atoms. The first-order valence-electron chi connectivity index (χ1n) is 5.82. The lowest BCUT2D eigenvalue weighted by Gasteiger charge is -2.17. The lowest BCUT2D eigenvalue weighted by molar-refractivity contribution is 0.765. The van der Waals surface area contributed by atoms with Gasteiger partial charge in [0.15, 0.2) is 0 Å². The maximum Gasteiger partial charge on any atom is 0.225 e. The van der Waals surface area contributed by atoms with Gasteiger partial charge in [-0.25, -0.2) is 9.97 Å². The number of nitrogens with two attached hydrogens (primary N) is 1. The molecule has 0 saturated carbocycles. The SMILES string of the molecule is Cc1cc(CN)nc(N(C)Cc2cnn(C)c2)n1. The standard InChI is InChI=1S/C12H18N6/c1-9-4-11(5-13)16-12(15-9)17(2)7-10-6-14-18(3)8-10/h4,6,8H,5,7,13H2,1-3H3. The van der Waals surface area contributed by atoms with E-state index in [1.54, 1.807) is 4.68 Å². The first-order valence-corrected chi connectivity index (χ1v) is 5.82. The van der Waals surface area contributed by atoms with E-state index < -0.39 is 0 Å². The van der Waals surface area contributed by atoms with Gasteiger partial charge in [-0.05, 0) is 13.0 Å². The monoisotopic (exact) mass is 246 g/mol. The van der Waals surface area contributed by atoms with Crippen LogP contribution in [-0.4, -0.2) is 26.8 Å². The highest BCUT2D eigenvalue weighted by atomic mass is 15.3. The maximum absolute atomic E-state index is 5.62. The summed E-state index contributed by atoms with van der Waals surface area (Å²) in [6, 6.07) is 1.90. The summed E-state index contributed by atoms with van der Waals surface area (Å²) < 4.78 is 1.78. The lowest BCUT2D eigenvalue weighted by Crippen LogP contribution is -2.20. The van der Waals surface area contributed by atoms with E-state index in [0.29, 0.717) is 12.5 Å². The third-order valence-electron chi connectivity index (χ3n) is 2.62. The first kappa shape index (κ1) is 12.5. The molecule has 0 aliphatic rings. The van der Waals surface area contributed by atoms with Crippen LogP contribution in [0.1, 0.15) is 17.0 Å². The molecule has 2 aromatic rings. The summed E-state index contributed by atoms with van der Waals surface area (Å²) in [7, 11) is 3.86. The number of aromatic nitrogens is 4.